The zero-order valence-electron chi connectivity index (χ0n) is 16.2. The molecule has 0 unspecified atom stereocenters. The third-order valence-corrected chi connectivity index (χ3v) is 5.68. The van der Waals surface area contributed by atoms with Gasteiger partial charge in [0.1, 0.15) is 10.8 Å². The maximum atomic E-state index is 13.1. The molecule has 7 heteroatoms. The van der Waals surface area contributed by atoms with Gasteiger partial charge in [-0.25, -0.2) is 4.98 Å². The van der Waals surface area contributed by atoms with E-state index in [-0.39, 0.29) is 5.91 Å². The number of carbonyl (C=O) groups is 1. The van der Waals surface area contributed by atoms with Crippen LogP contribution < -0.4 is 0 Å². The number of aromatic nitrogens is 4. The van der Waals surface area contributed by atoms with Crippen molar-refractivity contribution >= 4 is 34.1 Å². The van der Waals surface area contributed by atoms with Gasteiger partial charge in [-0.2, -0.15) is 5.10 Å². The van der Waals surface area contributed by atoms with Crippen LogP contribution in [0.3, 0.4) is 0 Å². The number of aromatic amines is 1. The van der Waals surface area contributed by atoms with Crippen molar-refractivity contribution in [2.75, 3.05) is 13.1 Å². The fraction of sp³-hybridized carbons (Fsp3) is 0.381. The molecule has 146 valence electrons. The van der Waals surface area contributed by atoms with Gasteiger partial charge in [-0.3, -0.25) is 9.48 Å². The number of halogens is 1. The van der Waals surface area contributed by atoms with Crippen LogP contribution in [0, 0.1) is 6.92 Å². The van der Waals surface area contributed by atoms with Gasteiger partial charge in [0.25, 0.3) is 5.91 Å². The van der Waals surface area contributed by atoms with Crippen molar-refractivity contribution in [3.8, 4) is 0 Å². The molecule has 0 fully saturated rings. The first-order chi connectivity index (χ1) is 13.6. The molecule has 6 nitrogen and oxygen atoms in total. The summed E-state index contributed by atoms with van der Waals surface area (Å²) in [5.41, 5.74) is 4.52. The molecule has 1 N–H and O–H groups in total. The third-order valence-electron chi connectivity index (χ3n) is 5.30. The summed E-state index contributed by atoms with van der Waals surface area (Å²) in [4.78, 5) is 22.5. The number of unbranched alkanes of at least 4 members (excludes halogenated alkanes) is 1. The van der Waals surface area contributed by atoms with Crippen LogP contribution in [0.2, 0.25) is 5.15 Å². The van der Waals surface area contributed by atoms with E-state index in [9.17, 15) is 4.79 Å². The van der Waals surface area contributed by atoms with Crippen molar-refractivity contribution in [3.63, 3.8) is 0 Å². The largest absolute Gasteiger partial charge is 0.346 e. The van der Waals surface area contributed by atoms with Gasteiger partial charge in [-0.1, -0.05) is 31.0 Å². The van der Waals surface area contributed by atoms with Crippen molar-refractivity contribution in [1.82, 2.24) is 24.6 Å². The zero-order valence-corrected chi connectivity index (χ0v) is 17.0. The number of aryl methyl sites for hydroxylation is 2. The summed E-state index contributed by atoms with van der Waals surface area (Å²) in [6, 6.07) is 4.01. The normalized spacial score (nSPS) is 14.5. The standard InChI is InChI=1S/C21H24ClN5O/c1-3-4-10-27-19(22)18(14(2)25-27)21(28)26-11-7-15(8-12-26)17-13-24-20-16(17)6-5-9-23-20/h5-7,9,13H,3-4,8,10-12H2,1-2H3,(H,23,24). The summed E-state index contributed by atoms with van der Waals surface area (Å²) in [5.74, 6) is -0.0406. The minimum Gasteiger partial charge on any atom is -0.346 e. The number of rotatable bonds is 5. The van der Waals surface area contributed by atoms with E-state index in [1.807, 2.05) is 24.1 Å². The second kappa shape index (κ2) is 7.80. The summed E-state index contributed by atoms with van der Waals surface area (Å²) < 4.78 is 1.75. The Morgan fingerprint density at radius 2 is 2.25 bits per heavy atom. The lowest BCUT2D eigenvalue weighted by Gasteiger charge is -2.26. The van der Waals surface area contributed by atoms with E-state index in [2.05, 4.69) is 34.1 Å². The number of nitrogens with zero attached hydrogens (tertiary/aromatic N) is 4. The Morgan fingerprint density at radius 1 is 1.39 bits per heavy atom. The fourth-order valence-electron chi connectivity index (χ4n) is 3.73. The molecule has 4 rings (SSSR count). The van der Waals surface area contributed by atoms with E-state index in [0.29, 0.717) is 29.5 Å². The number of hydrogen-bond donors (Lipinski definition) is 1. The van der Waals surface area contributed by atoms with E-state index < -0.39 is 0 Å². The highest BCUT2D eigenvalue weighted by molar-refractivity contribution is 6.33. The molecule has 1 aliphatic rings. The number of H-pyrrole nitrogens is 1. The number of amides is 1. The molecule has 0 aliphatic carbocycles. The van der Waals surface area contributed by atoms with Crippen molar-refractivity contribution in [2.45, 2.75) is 39.7 Å². The molecule has 0 saturated carbocycles. The number of pyridine rings is 1. The Hall–Kier alpha value is -2.60. The maximum Gasteiger partial charge on any atom is 0.259 e. The Morgan fingerprint density at radius 3 is 3.00 bits per heavy atom. The van der Waals surface area contributed by atoms with Crippen LogP contribution in [-0.4, -0.2) is 43.6 Å². The lowest BCUT2D eigenvalue weighted by molar-refractivity contribution is 0.0772. The van der Waals surface area contributed by atoms with Crippen molar-refractivity contribution < 1.29 is 4.79 Å². The quantitative estimate of drug-likeness (QED) is 0.691. The minimum atomic E-state index is -0.0406. The molecular weight excluding hydrogens is 374 g/mol. The molecule has 0 spiro atoms. The number of nitrogens with one attached hydrogen (secondary N) is 1. The first-order valence-corrected chi connectivity index (χ1v) is 10.1. The molecular formula is C21H24ClN5O. The number of fused-ring (bicyclic) bond motifs is 1. The zero-order chi connectivity index (χ0) is 19.7. The summed E-state index contributed by atoms with van der Waals surface area (Å²) in [6.45, 7) is 5.94. The van der Waals surface area contributed by atoms with E-state index in [1.54, 1.807) is 10.9 Å². The van der Waals surface area contributed by atoms with E-state index in [0.717, 1.165) is 42.4 Å². The van der Waals surface area contributed by atoms with Gasteiger partial charge in [0.2, 0.25) is 0 Å². The molecule has 0 aromatic carbocycles. The highest BCUT2D eigenvalue weighted by Gasteiger charge is 2.26. The van der Waals surface area contributed by atoms with Crippen molar-refractivity contribution in [3.05, 3.63) is 52.6 Å². The van der Waals surface area contributed by atoms with E-state index >= 15 is 0 Å². The van der Waals surface area contributed by atoms with Crippen LogP contribution in [0.15, 0.2) is 30.6 Å². The Kier molecular flexibility index (Phi) is 5.22. The average molecular weight is 398 g/mol. The molecule has 3 aromatic heterocycles. The second-order valence-corrected chi connectivity index (χ2v) is 7.52. The molecule has 0 bridgehead atoms. The van der Waals surface area contributed by atoms with Gasteiger partial charge in [0.05, 0.1) is 11.3 Å². The lowest BCUT2D eigenvalue weighted by Crippen LogP contribution is -2.35. The minimum absolute atomic E-state index is 0.0406. The van der Waals surface area contributed by atoms with E-state index in [4.69, 9.17) is 11.6 Å². The van der Waals surface area contributed by atoms with Gasteiger partial charge in [0.15, 0.2) is 0 Å². The Balaban J connectivity index is 1.53. The number of hydrogen-bond acceptors (Lipinski definition) is 3. The van der Waals surface area contributed by atoms with Gasteiger partial charge in [-0.15, -0.1) is 0 Å². The maximum absolute atomic E-state index is 13.1. The van der Waals surface area contributed by atoms with Crippen molar-refractivity contribution in [2.24, 2.45) is 0 Å². The molecule has 1 amide bonds. The Bertz CT molecular complexity index is 1050. The van der Waals surface area contributed by atoms with Gasteiger partial charge < -0.3 is 9.88 Å². The van der Waals surface area contributed by atoms with Crippen LogP contribution in [0.1, 0.15) is 47.8 Å². The summed E-state index contributed by atoms with van der Waals surface area (Å²) in [6.07, 6.45) is 8.76. The summed E-state index contributed by atoms with van der Waals surface area (Å²) in [7, 11) is 0. The second-order valence-electron chi connectivity index (χ2n) is 7.16. The molecule has 0 radical (unpaired) electrons. The first kappa shape index (κ1) is 18.7. The van der Waals surface area contributed by atoms with Gasteiger partial charge in [-0.05, 0) is 37.5 Å². The molecule has 3 aromatic rings. The average Bonchev–Trinajstić information content (AvgIpc) is 3.26. The van der Waals surface area contributed by atoms with Crippen molar-refractivity contribution in [1.29, 1.82) is 0 Å². The van der Waals surface area contributed by atoms with Crippen LogP contribution in [0.4, 0.5) is 0 Å². The predicted molar refractivity (Wildman–Crippen MR) is 111 cm³/mol. The fourth-order valence-corrected chi connectivity index (χ4v) is 4.07. The van der Waals surface area contributed by atoms with Crippen LogP contribution in [0.25, 0.3) is 16.6 Å². The van der Waals surface area contributed by atoms with Crippen LogP contribution in [0.5, 0.6) is 0 Å². The topological polar surface area (TPSA) is 66.8 Å². The molecule has 1 aliphatic heterocycles. The smallest absolute Gasteiger partial charge is 0.259 e. The lowest BCUT2D eigenvalue weighted by atomic mass is 9.99. The first-order valence-electron chi connectivity index (χ1n) is 9.73. The third kappa shape index (κ3) is 3.33. The molecule has 4 heterocycles. The predicted octanol–water partition coefficient (Wildman–Crippen LogP) is 4.45. The molecule has 0 atom stereocenters. The van der Waals surface area contributed by atoms with Gasteiger partial charge in [0, 0.05) is 43.0 Å². The molecule has 0 saturated heterocycles. The van der Waals surface area contributed by atoms with Gasteiger partial charge >= 0.3 is 0 Å². The van der Waals surface area contributed by atoms with E-state index in [1.165, 1.54) is 5.57 Å². The van der Waals surface area contributed by atoms with Crippen LogP contribution in [-0.2, 0) is 6.54 Å². The highest BCUT2D eigenvalue weighted by Crippen LogP contribution is 2.30. The van der Waals surface area contributed by atoms with Crippen LogP contribution >= 0.6 is 11.6 Å². The Labute approximate surface area is 169 Å². The highest BCUT2D eigenvalue weighted by atomic mass is 35.5. The summed E-state index contributed by atoms with van der Waals surface area (Å²) in [5, 5.41) is 6.03. The summed E-state index contributed by atoms with van der Waals surface area (Å²) >= 11 is 6.48. The number of carbonyl (C=O) groups excluding carboxylic acids is 1. The monoisotopic (exact) mass is 397 g/mol. The molecule has 28 heavy (non-hydrogen) atoms. The SMILES string of the molecule is CCCCn1nc(C)c(C(=O)N2CC=C(c3c[nH]c4ncccc34)CC2)c1Cl.